The number of fused-ring (bicyclic) bond motifs is 1. The van der Waals surface area contributed by atoms with Gasteiger partial charge in [0.05, 0.1) is 16.6 Å². The quantitative estimate of drug-likeness (QED) is 0.509. The number of rotatable bonds is 2. The number of benzene rings is 1. The predicted octanol–water partition coefficient (Wildman–Crippen LogP) is 5.34. The number of nitrogens with zero attached hydrogens (tertiary/aromatic N) is 3. The van der Waals surface area contributed by atoms with Crippen molar-refractivity contribution in [3.05, 3.63) is 50.3 Å². The summed E-state index contributed by atoms with van der Waals surface area (Å²) in [6.45, 7) is 0. The highest BCUT2D eigenvalue weighted by Crippen LogP contribution is 2.28. The van der Waals surface area contributed by atoms with Crippen molar-refractivity contribution in [1.82, 2.24) is 14.5 Å². The topological polar surface area (TPSA) is 30.7 Å². The third kappa shape index (κ3) is 2.48. The molecule has 0 aliphatic carbocycles. The van der Waals surface area contributed by atoms with Crippen molar-refractivity contribution in [3.8, 4) is 5.69 Å². The maximum Gasteiger partial charge on any atom is 0.164 e. The average molecular weight is 436 g/mol. The Kier molecular flexibility index (Phi) is 4.04. The molecule has 0 atom stereocenters. The zero-order valence-electron chi connectivity index (χ0n) is 9.95. The molecule has 0 bridgehead atoms. The van der Waals surface area contributed by atoms with E-state index in [4.69, 9.17) is 23.2 Å². The molecule has 0 saturated carbocycles. The Morgan fingerprint density at radius 3 is 2.70 bits per heavy atom. The minimum atomic E-state index is 0.293. The van der Waals surface area contributed by atoms with Gasteiger partial charge in [-0.25, -0.2) is 9.97 Å². The Morgan fingerprint density at radius 1 is 1.20 bits per heavy atom. The summed E-state index contributed by atoms with van der Waals surface area (Å²) in [7, 11) is 0. The first-order valence-electron chi connectivity index (χ1n) is 5.64. The van der Waals surface area contributed by atoms with E-state index in [1.165, 1.54) is 0 Å². The molecule has 2 aromatic heterocycles. The van der Waals surface area contributed by atoms with Crippen molar-refractivity contribution in [3.63, 3.8) is 0 Å². The Hall–Kier alpha value is -0.620. The minimum Gasteiger partial charge on any atom is -0.280 e. The SMILES string of the molecule is ClCc1nc2cc(Br)cnc2n1-c1ccc(Br)c(Cl)c1. The van der Waals surface area contributed by atoms with Crippen molar-refractivity contribution in [2.75, 3.05) is 0 Å². The highest BCUT2D eigenvalue weighted by molar-refractivity contribution is 9.10. The summed E-state index contributed by atoms with van der Waals surface area (Å²) in [4.78, 5) is 8.92. The smallest absolute Gasteiger partial charge is 0.164 e. The van der Waals surface area contributed by atoms with Crippen LogP contribution in [0.2, 0.25) is 5.02 Å². The number of pyridine rings is 1. The first-order chi connectivity index (χ1) is 9.60. The summed E-state index contributed by atoms with van der Waals surface area (Å²) in [5, 5.41) is 0.627. The molecule has 0 unspecified atom stereocenters. The fraction of sp³-hybridized carbons (Fsp3) is 0.0769. The minimum absolute atomic E-state index is 0.293. The average Bonchev–Trinajstić information content (AvgIpc) is 2.79. The zero-order chi connectivity index (χ0) is 14.3. The lowest BCUT2D eigenvalue weighted by atomic mass is 10.3. The fourth-order valence-corrected chi connectivity index (χ4v) is 2.89. The van der Waals surface area contributed by atoms with Crippen LogP contribution in [0.5, 0.6) is 0 Å². The standard InChI is InChI=1S/C13H7Br2Cl2N3/c14-7-3-11-13(18-6-7)20(12(5-16)19-11)8-1-2-9(15)10(17)4-8/h1-4,6H,5H2. The van der Waals surface area contributed by atoms with Crippen LogP contribution in [0.4, 0.5) is 0 Å². The maximum atomic E-state index is 6.16. The second-order valence-corrected chi connectivity index (χ2v) is 6.54. The Bertz CT molecular complexity index is 802. The van der Waals surface area contributed by atoms with Gasteiger partial charge in [-0.05, 0) is 56.1 Å². The number of alkyl halides is 1. The molecule has 3 rings (SSSR count). The highest BCUT2D eigenvalue weighted by Gasteiger charge is 2.14. The number of hydrogen-bond donors (Lipinski definition) is 0. The molecule has 0 spiro atoms. The van der Waals surface area contributed by atoms with Crippen LogP contribution in [0, 0.1) is 0 Å². The molecule has 0 aliphatic heterocycles. The van der Waals surface area contributed by atoms with Crippen LogP contribution < -0.4 is 0 Å². The molecule has 0 N–H and O–H groups in total. The van der Waals surface area contributed by atoms with Crippen LogP contribution in [-0.2, 0) is 5.88 Å². The Balaban J connectivity index is 2.30. The maximum absolute atomic E-state index is 6.16. The van der Waals surface area contributed by atoms with Crippen LogP contribution in [0.3, 0.4) is 0 Å². The van der Waals surface area contributed by atoms with Gasteiger partial charge in [-0.15, -0.1) is 11.6 Å². The summed E-state index contributed by atoms with van der Waals surface area (Å²) in [6, 6.07) is 7.60. The lowest BCUT2D eigenvalue weighted by Crippen LogP contribution is -2.00. The first-order valence-corrected chi connectivity index (χ1v) is 8.14. The Morgan fingerprint density at radius 2 is 2.00 bits per heavy atom. The second-order valence-electron chi connectivity index (χ2n) is 4.09. The zero-order valence-corrected chi connectivity index (χ0v) is 14.6. The highest BCUT2D eigenvalue weighted by atomic mass is 79.9. The predicted molar refractivity (Wildman–Crippen MR) is 88.8 cm³/mol. The summed E-state index contributed by atoms with van der Waals surface area (Å²) < 4.78 is 3.63. The molecule has 0 radical (unpaired) electrons. The molecule has 20 heavy (non-hydrogen) atoms. The Labute approximate surface area is 142 Å². The monoisotopic (exact) mass is 433 g/mol. The normalized spacial score (nSPS) is 11.2. The lowest BCUT2D eigenvalue weighted by molar-refractivity contribution is 0.969. The summed E-state index contributed by atoms with van der Waals surface area (Å²) >= 11 is 18.9. The van der Waals surface area contributed by atoms with Crippen LogP contribution in [0.15, 0.2) is 39.4 Å². The molecule has 102 valence electrons. The molecule has 0 fully saturated rings. The van der Waals surface area contributed by atoms with Crippen molar-refractivity contribution < 1.29 is 0 Å². The van der Waals surface area contributed by atoms with Crippen molar-refractivity contribution in [1.29, 1.82) is 0 Å². The van der Waals surface area contributed by atoms with Crippen LogP contribution in [-0.4, -0.2) is 14.5 Å². The van der Waals surface area contributed by atoms with Gasteiger partial charge < -0.3 is 0 Å². The summed E-state index contributed by atoms with van der Waals surface area (Å²) in [6.07, 6.45) is 1.74. The lowest BCUT2D eigenvalue weighted by Gasteiger charge is -2.08. The van der Waals surface area contributed by atoms with Crippen LogP contribution >= 0.6 is 55.1 Å². The van der Waals surface area contributed by atoms with Gasteiger partial charge in [-0.3, -0.25) is 4.57 Å². The van der Waals surface area contributed by atoms with Gasteiger partial charge in [0.2, 0.25) is 0 Å². The third-order valence-electron chi connectivity index (χ3n) is 2.81. The van der Waals surface area contributed by atoms with Gasteiger partial charge in [-0.1, -0.05) is 11.6 Å². The van der Waals surface area contributed by atoms with Gasteiger partial charge in [0.25, 0.3) is 0 Å². The van der Waals surface area contributed by atoms with Gasteiger partial charge in [0, 0.05) is 15.1 Å². The largest absolute Gasteiger partial charge is 0.280 e. The van der Waals surface area contributed by atoms with E-state index in [1.807, 2.05) is 28.8 Å². The molecule has 0 saturated heterocycles. The molecule has 0 amide bonds. The molecule has 0 aliphatic rings. The number of aromatic nitrogens is 3. The van der Waals surface area contributed by atoms with E-state index in [2.05, 4.69) is 41.8 Å². The van der Waals surface area contributed by atoms with Crippen molar-refractivity contribution >= 4 is 66.2 Å². The molecule has 1 aromatic carbocycles. The number of halogens is 4. The van der Waals surface area contributed by atoms with E-state index < -0.39 is 0 Å². The third-order valence-corrected chi connectivity index (χ3v) is 4.72. The molecular formula is C13H7Br2Cl2N3. The van der Waals surface area contributed by atoms with Gasteiger partial charge >= 0.3 is 0 Å². The van der Waals surface area contributed by atoms with Gasteiger partial charge in [0.15, 0.2) is 5.65 Å². The van der Waals surface area contributed by atoms with E-state index in [0.717, 1.165) is 31.6 Å². The molecule has 3 aromatic rings. The number of imidazole rings is 1. The fourth-order valence-electron chi connectivity index (χ4n) is 1.97. The van der Waals surface area contributed by atoms with Gasteiger partial charge in [-0.2, -0.15) is 0 Å². The molecule has 2 heterocycles. The van der Waals surface area contributed by atoms with E-state index in [-0.39, 0.29) is 0 Å². The molecule has 3 nitrogen and oxygen atoms in total. The molecular weight excluding hydrogens is 429 g/mol. The second kappa shape index (κ2) is 5.64. The van der Waals surface area contributed by atoms with Crippen LogP contribution in [0.25, 0.3) is 16.9 Å². The number of hydrogen-bond acceptors (Lipinski definition) is 2. The van der Waals surface area contributed by atoms with E-state index in [9.17, 15) is 0 Å². The van der Waals surface area contributed by atoms with E-state index in [0.29, 0.717) is 10.9 Å². The van der Waals surface area contributed by atoms with Gasteiger partial charge in [0.1, 0.15) is 11.3 Å². The van der Waals surface area contributed by atoms with Crippen molar-refractivity contribution in [2.45, 2.75) is 5.88 Å². The first kappa shape index (κ1) is 14.3. The molecule has 7 heteroatoms. The summed E-state index contributed by atoms with van der Waals surface area (Å²) in [5.74, 6) is 1.02. The van der Waals surface area contributed by atoms with Crippen LogP contribution in [0.1, 0.15) is 5.82 Å². The van der Waals surface area contributed by atoms with Crippen molar-refractivity contribution in [2.24, 2.45) is 0 Å². The van der Waals surface area contributed by atoms with E-state index in [1.54, 1.807) is 6.20 Å². The van der Waals surface area contributed by atoms with E-state index >= 15 is 0 Å². The summed E-state index contributed by atoms with van der Waals surface area (Å²) in [5.41, 5.74) is 2.42.